The van der Waals surface area contributed by atoms with Gasteiger partial charge in [0.25, 0.3) is 0 Å². The van der Waals surface area contributed by atoms with Crippen molar-refractivity contribution >= 4 is 11.6 Å². The first-order chi connectivity index (χ1) is 8.63. The number of nitrogens with two attached hydrogens (primary N) is 1. The summed E-state index contributed by atoms with van der Waals surface area (Å²) in [4.78, 5) is 2.52. The van der Waals surface area contributed by atoms with Crippen molar-refractivity contribution in [1.29, 1.82) is 0 Å². The molecule has 1 aromatic carbocycles. The Labute approximate surface area is 115 Å². The third kappa shape index (κ3) is 2.87. The molecule has 1 heterocycles. The van der Waals surface area contributed by atoms with Crippen LogP contribution in [0.3, 0.4) is 0 Å². The quantitative estimate of drug-likeness (QED) is 0.908. The molecular weight excluding hydrogens is 244 g/mol. The summed E-state index contributed by atoms with van der Waals surface area (Å²) < 4.78 is 0. The summed E-state index contributed by atoms with van der Waals surface area (Å²) in [5.74, 6) is 0.748. The van der Waals surface area contributed by atoms with Gasteiger partial charge in [0.2, 0.25) is 0 Å². The predicted octanol–water partition coefficient (Wildman–Crippen LogP) is 3.46. The first kappa shape index (κ1) is 13.9. The Hall–Kier alpha value is -0.570. The van der Waals surface area contributed by atoms with Gasteiger partial charge in [-0.1, -0.05) is 36.7 Å². The molecule has 100 valence electrons. The number of piperidine rings is 1. The van der Waals surface area contributed by atoms with Crippen molar-refractivity contribution < 1.29 is 0 Å². The highest BCUT2D eigenvalue weighted by atomic mass is 35.5. The molecule has 0 aliphatic carbocycles. The van der Waals surface area contributed by atoms with Crippen molar-refractivity contribution in [2.45, 2.75) is 38.8 Å². The van der Waals surface area contributed by atoms with E-state index in [1.165, 1.54) is 18.4 Å². The number of halogens is 1. The molecule has 1 aliphatic heterocycles. The Balaban J connectivity index is 2.25. The zero-order chi connectivity index (χ0) is 13.1. The Morgan fingerprint density at radius 3 is 2.72 bits per heavy atom. The van der Waals surface area contributed by atoms with Crippen LogP contribution in [-0.2, 0) is 0 Å². The smallest absolute Gasteiger partial charge is 0.0488 e. The van der Waals surface area contributed by atoms with Crippen LogP contribution in [-0.4, -0.2) is 24.0 Å². The summed E-state index contributed by atoms with van der Waals surface area (Å²) in [5, 5.41) is 0.832. The van der Waals surface area contributed by atoms with E-state index in [4.69, 9.17) is 17.3 Å². The standard InChI is InChI=1S/C15H23ClN2/c1-11-7-8-12(2)18(10-11)15(9-17)13-5-3-4-6-14(13)16/h3-6,11-12,15H,7-10,17H2,1-2H3. The Kier molecular flexibility index (Phi) is 4.66. The second kappa shape index (κ2) is 6.05. The average Bonchev–Trinajstić information content (AvgIpc) is 2.36. The van der Waals surface area contributed by atoms with Crippen LogP contribution in [0, 0.1) is 5.92 Å². The zero-order valence-electron chi connectivity index (χ0n) is 11.3. The first-order valence-corrected chi connectivity index (χ1v) is 7.21. The number of likely N-dealkylation sites (tertiary alicyclic amines) is 1. The molecule has 2 nitrogen and oxygen atoms in total. The van der Waals surface area contributed by atoms with E-state index in [1.54, 1.807) is 0 Å². The molecule has 1 aliphatic rings. The SMILES string of the molecule is CC1CCC(C)N(C(CN)c2ccccc2Cl)C1. The van der Waals surface area contributed by atoms with Crippen LogP contribution >= 0.6 is 11.6 Å². The van der Waals surface area contributed by atoms with Crippen molar-refractivity contribution in [3.8, 4) is 0 Å². The third-order valence-corrected chi connectivity index (χ3v) is 4.40. The maximum atomic E-state index is 6.32. The molecule has 0 bridgehead atoms. The van der Waals surface area contributed by atoms with Crippen LogP contribution in [0.1, 0.15) is 38.3 Å². The minimum atomic E-state index is 0.247. The molecule has 0 radical (unpaired) electrons. The van der Waals surface area contributed by atoms with Crippen molar-refractivity contribution in [3.05, 3.63) is 34.9 Å². The molecular formula is C15H23ClN2. The van der Waals surface area contributed by atoms with Gasteiger partial charge in [0.05, 0.1) is 0 Å². The average molecular weight is 267 g/mol. The van der Waals surface area contributed by atoms with Crippen molar-refractivity contribution in [1.82, 2.24) is 4.90 Å². The molecule has 0 amide bonds. The predicted molar refractivity (Wildman–Crippen MR) is 77.8 cm³/mol. The zero-order valence-corrected chi connectivity index (χ0v) is 12.0. The van der Waals surface area contributed by atoms with Crippen LogP contribution < -0.4 is 5.73 Å². The van der Waals surface area contributed by atoms with Gasteiger partial charge in [-0.15, -0.1) is 0 Å². The van der Waals surface area contributed by atoms with E-state index < -0.39 is 0 Å². The lowest BCUT2D eigenvalue weighted by Gasteiger charge is -2.42. The van der Waals surface area contributed by atoms with Crippen LogP contribution in [0.5, 0.6) is 0 Å². The van der Waals surface area contributed by atoms with E-state index in [1.807, 2.05) is 18.2 Å². The molecule has 0 aromatic heterocycles. The van der Waals surface area contributed by atoms with E-state index in [9.17, 15) is 0 Å². The lowest BCUT2D eigenvalue weighted by Crippen LogP contribution is -2.45. The monoisotopic (exact) mass is 266 g/mol. The molecule has 0 saturated carbocycles. The topological polar surface area (TPSA) is 29.3 Å². The van der Waals surface area contributed by atoms with Crippen molar-refractivity contribution in [3.63, 3.8) is 0 Å². The fraction of sp³-hybridized carbons (Fsp3) is 0.600. The molecule has 1 aromatic rings. The summed E-state index contributed by atoms with van der Waals surface area (Å²) in [7, 11) is 0. The number of hydrogen-bond acceptors (Lipinski definition) is 2. The van der Waals surface area contributed by atoms with E-state index >= 15 is 0 Å². The Morgan fingerprint density at radius 2 is 2.06 bits per heavy atom. The fourth-order valence-corrected chi connectivity index (χ4v) is 3.21. The van der Waals surface area contributed by atoms with Gasteiger partial charge in [-0.3, -0.25) is 4.90 Å². The molecule has 2 rings (SSSR count). The second-order valence-corrected chi connectivity index (χ2v) is 5.91. The van der Waals surface area contributed by atoms with E-state index in [2.05, 4.69) is 24.8 Å². The fourth-order valence-electron chi connectivity index (χ4n) is 2.94. The molecule has 3 atom stereocenters. The minimum absolute atomic E-state index is 0.247. The second-order valence-electron chi connectivity index (χ2n) is 5.50. The molecule has 0 spiro atoms. The molecule has 1 saturated heterocycles. The van der Waals surface area contributed by atoms with Crippen LogP contribution in [0.2, 0.25) is 5.02 Å². The van der Waals surface area contributed by atoms with Crippen molar-refractivity contribution in [2.24, 2.45) is 11.7 Å². The van der Waals surface area contributed by atoms with E-state index in [0.29, 0.717) is 12.6 Å². The maximum Gasteiger partial charge on any atom is 0.0488 e. The summed E-state index contributed by atoms with van der Waals surface area (Å²) in [5.41, 5.74) is 7.18. The highest BCUT2D eigenvalue weighted by Gasteiger charge is 2.29. The van der Waals surface area contributed by atoms with E-state index in [0.717, 1.165) is 17.5 Å². The van der Waals surface area contributed by atoms with Gasteiger partial charge in [0, 0.05) is 30.2 Å². The molecule has 3 heteroatoms. The Bertz CT molecular complexity index is 394. The molecule has 2 N–H and O–H groups in total. The summed E-state index contributed by atoms with van der Waals surface area (Å²) in [6.45, 7) is 6.36. The van der Waals surface area contributed by atoms with Crippen molar-refractivity contribution in [2.75, 3.05) is 13.1 Å². The summed E-state index contributed by atoms with van der Waals surface area (Å²) in [6, 6.07) is 8.91. The molecule has 18 heavy (non-hydrogen) atoms. The highest BCUT2D eigenvalue weighted by Crippen LogP contribution is 2.33. The number of nitrogens with zero attached hydrogens (tertiary/aromatic N) is 1. The minimum Gasteiger partial charge on any atom is -0.329 e. The molecule has 3 unspecified atom stereocenters. The normalized spacial score (nSPS) is 27.1. The van der Waals surface area contributed by atoms with Crippen LogP contribution in [0.15, 0.2) is 24.3 Å². The largest absolute Gasteiger partial charge is 0.329 e. The lowest BCUT2D eigenvalue weighted by molar-refractivity contribution is 0.0799. The lowest BCUT2D eigenvalue weighted by atomic mass is 9.91. The van der Waals surface area contributed by atoms with E-state index in [-0.39, 0.29) is 6.04 Å². The summed E-state index contributed by atoms with van der Waals surface area (Å²) in [6.07, 6.45) is 2.57. The van der Waals surface area contributed by atoms with Gasteiger partial charge >= 0.3 is 0 Å². The third-order valence-electron chi connectivity index (χ3n) is 4.05. The van der Waals surface area contributed by atoms with Gasteiger partial charge in [0.1, 0.15) is 0 Å². The summed E-state index contributed by atoms with van der Waals surface area (Å²) >= 11 is 6.32. The highest BCUT2D eigenvalue weighted by molar-refractivity contribution is 6.31. The number of hydrogen-bond donors (Lipinski definition) is 1. The first-order valence-electron chi connectivity index (χ1n) is 6.83. The van der Waals surface area contributed by atoms with Gasteiger partial charge in [-0.2, -0.15) is 0 Å². The van der Waals surface area contributed by atoms with Gasteiger partial charge in [0.15, 0.2) is 0 Å². The van der Waals surface area contributed by atoms with Gasteiger partial charge in [-0.05, 0) is 37.3 Å². The van der Waals surface area contributed by atoms with Gasteiger partial charge in [-0.25, -0.2) is 0 Å². The maximum absolute atomic E-state index is 6.32. The number of benzene rings is 1. The molecule has 1 fully saturated rings. The number of rotatable bonds is 3. The van der Waals surface area contributed by atoms with Gasteiger partial charge < -0.3 is 5.73 Å². The Morgan fingerprint density at radius 1 is 1.33 bits per heavy atom. The van der Waals surface area contributed by atoms with Crippen LogP contribution in [0.25, 0.3) is 0 Å². The van der Waals surface area contributed by atoms with Crippen LogP contribution in [0.4, 0.5) is 0 Å².